The van der Waals surface area contributed by atoms with Gasteiger partial charge in [0.05, 0.1) is 0 Å². The summed E-state index contributed by atoms with van der Waals surface area (Å²) in [5.74, 6) is 4.20. The van der Waals surface area contributed by atoms with Gasteiger partial charge in [-0.2, -0.15) is 0 Å². The molecule has 14 heavy (non-hydrogen) atoms. The summed E-state index contributed by atoms with van der Waals surface area (Å²) in [5.41, 5.74) is 1.85. The van der Waals surface area contributed by atoms with Crippen LogP contribution in [-0.4, -0.2) is 35.8 Å². The second kappa shape index (κ2) is 4.05. The lowest BCUT2D eigenvalue weighted by molar-refractivity contribution is -0.147. The van der Waals surface area contributed by atoms with E-state index < -0.39 is 18.0 Å². The number of likely N-dealkylation sites (N-methyl/N-ethyl adjacent to an activating group) is 1. The van der Waals surface area contributed by atoms with Crippen LogP contribution >= 0.6 is 0 Å². The number of urea groups is 1. The fourth-order valence-electron chi connectivity index (χ4n) is 1.25. The Morgan fingerprint density at radius 2 is 2.21 bits per heavy atom. The molecule has 1 unspecified atom stereocenters. The summed E-state index contributed by atoms with van der Waals surface area (Å²) in [6.07, 6.45) is 0.563. The maximum atomic E-state index is 11.4. The van der Waals surface area contributed by atoms with Crippen LogP contribution in [0.2, 0.25) is 0 Å². The molecule has 0 spiro atoms. The third-order valence-corrected chi connectivity index (χ3v) is 2.09. The molecule has 4 N–H and O–H groups in total. The van der Waals surface area contributed by atoms with E-state index in [9.17, 15) is 14.4 Å². The van der Waals surface area contributed by atoms with Gasteiger partial charge < -0.3 is 5.32 Å². The van der Waals surface area contributed by atoms with Crippen molar-refractivity contribution in [2.45, 2.75) is 18.9 Å². The van der Waals surface area contributed by atoms with Gasteiger partial charge in [-0.05, 0) is 6.42 Å². The summed E-state index contributed by atoms with van der Waals surface area (Å²) >= 11 is 0. The quantitative estimate of drug-likeness (QED) is 0.203. The highest BCUT2D eigenvalue weighted by Gasteiger charge is 2.32. The van der Waals surface area contributed by atoms with Gasteiger partial charge in [0.15, 0.2) is 0 Å². The highest BCUT2D eigenvalue weighted by atomic mass is 16.2. The molecule has 1 fully saturated rings. The highest BCUT2D eigenvalue weighted by molar-refractivity contribution is 6.01. The van der Waals surface area contributed by atoms with Gasteiger partial charge in [0.1, 0.15) is 6.04 Å². The summed E-state index contributed by atoms with van der Waals surface area (Å²) in [6.45, 7) is 0. The van der Waals surface area contributed by atoms with Crippen LogP contribution in [0.5, 0.6) is 0 Å². The average Bonchev–Trinajstić information content (AvgIpc) is 2.19. The molecule has 0 aromatic carbocycles. The normalized spacial score (nSPS) is 22.1. The van der Waals surface area contributed by atoms with Crippen molar-refractivity contribution in [3.8, 4) is 0 Å². The van der Waals surface area contributed by atoms with E-state index in [1.165, 1.54) is 7.05 Å². The monoisotopic (exact) mass is 200 g/mol. The third kappa shape index (κ3) is 1.99. The van der Waals surface area contributed by atoms with E-state index in [2.05, 4.69) is 5.32 Å². The molecule has 0 saturated carbocycles. The number of hydrogen-bond acceptors (Lipinski definition) is 4. The largest absolute Gasteiger partial charge is 0.329 e. The number of amides is 4. The van der Waals surface area contributed by atoms with Crippen LogP contribution in [0.15, 0.2) is 0 Å². The summed E-state index contributed by atoms with van der Waals surface area (Å²) in [5, 5.41) is 2.35. The number of nitrogens with two attached hydrogens (primary N) is 1. The van der Waals surface area contributed by atoms with Gasteiger partial charge in [-0.3, -0.25) is 19.9 Å². The van der Waals surface area contributed by atoms with E-state index in [0.717, 1.165) is 4.90 Å². The Labute approximate surface area is 80.6 Å². The van der Waals surface area contributed by atoms with Crippen molar-refractivity contribution in [1.82, 2.24) is 15.6 Å². The predicted molar refractivity (Wildman–Crippen MR) is 46.7 cm³/mol. The zero-order valence-corrected chi connectivity index (χ0v) is 7.74. The summed E-state index contributed by atoms with van der Waals surface area (Å²) < 4.78 is 0. The first-order chi connectivity index (χ1) is 6.56. The molecule has 0 aromatic heterocycles. The highest BCUT2D eigenvalue weighted by Crippen LogP contribution is 2.10. The van der Waals surface area contributed by atoms with Gasteiger partial charge in [-0.1, -0.05) is 0 Å². The van der Waals surface area contributed by atoms with E-state index in [1.54, 1.807) is 0 Å². The Hall–Kier alpha value is -1.63. The zero-order valence-electron chi connectivity index (χ0n) is 7.74. The SMILES string of the molecule is CN1C(=O)CCC(NC(=O)NN)C1=O. The summed E-state index contributed by atoms with van der Waals surface area (Å²) in [6, 6.07) is -1.30. The number of carbonyl (C=O) groups is 3. The molecule has 1 atom stereocenters. The topological polar surface area (TPSA) is 105 Å². The van der Waals surface area contributed by atoms with Crippen LogP contribution in [0.1, 0.15) is 12.8 Å². The van der Waals surface area contributed by atoms with Crippen LogP contribution in [-0.2, 0) is 9.59 Å². The van der Waals surface area contributed by atoms with E-state index >= 15 is 0 Å². The maximum absolute atomic E-state index is 11.4. The van der Waals surface area contributed by atoms with Gasteiger partial charge in [0, 0.05) is 13.5 Å². The fraction of sp³-hybridized carbons (Fsp3) is 0.571. The molecule has 1 aliphatic heterocycles. The lowest BCUT2D eigenvalue weighted by atomic mass is 10.1. The van der Waals surface area contributed by atoms with Crippen molar-refractivity contribution >= 4 is 17.8 Å². The molecule has 0 bridgehead atoms. The van der Waals surface area contributed by atoms with Crippen LogP contribution in [0.3, 0.4) is 0 Å². The molecule has 0 radical (unpaired) electrons. The Balaban J connectivity index is 2.59. The molecule has 78 valence electrons. The van der Waals surface area contributed by atoms with Gasteiger partial charge in [-0.15, -0.1) is 0 Å². The van der Waals surface area contributed by atoms with Crippen LogP contribution in [0.4, 0.5) is 4.79 Å². The van der Waals surface area contributed by atoms with E-state index in [4.69, 9.17) is 5.84 Å². The minimum absolute atomic E-state index is 0.235. The van der Waals surface area contributed by atoms with Crippen molar-refractivity contribution < 1.29 is 14.4 Å². The number of nitrogens with zero attached hydrogens (tertiary/aromatic N) is 1. The van der Waals surface area contributed by atoms with Gasteiger partial charge in [0.2, 0.25) is 5.91 Å². The first-order valence-corrected chi connectivity index (χ1v) is 4.13. The van der Waals surface area contributed by atoms with E-state index in [-0.39, 0.29) is 12.3 Å². The molecule has 0 aromatic rings. The summed E-state index contributed by atoms with van der Waals surface area (Å²) in [4.78, 5) is 34.3. The molecular formula is C7H12N4O3. The summed E-state index contributed by atoms with van der Waals surface area (Å²) in [7, 11) is 1.39. The number of piperidine rings is 1. The predicted octanol–water partition coefficient (Wildman–Crippen LogP) is -1.69. The molecule has 1 saturated heterocycles. The number of likely N-dealkylation sites (tertiary alicyclic amines) is 1. The van der Waals surface area contributed by atoms with Gasteiger partial charge >= 0.3 is 6.03 Å². The minimum atomic E-state index is -0.666. The lowest BCUT2D eigenvalue weighted by Crippen LogP contribution is -2.55. The number of nitrogens with one attached hydrogen (secondary N) is 2. The van der Waals surface area contributed by atoms with Crippen molar-refractivity contribution in [3.63, 3.8) is 0 Å². The number of carbonyl (C=O) groups excluding carboxylic acids is 3. The molecule has 0 aliphatic carbocycles. The molecule has 1 heterocycles. The molecule has 7 nitrogen and oxygen atoms in total. The van der Waals surface area contributed by atoms with E-state index in [0.29, 0.717) is 6.42 Å². The Morgan fingerprint density at radius 3 is 2.79 bits per heavy atom. The minimum Gasteiger partial charge on any atom is -0.325 e. The smallest absolute Gasteiger partial charge is 0.325 e. The van der Waals surface area contributed by atoms with Gasteiger partial charge in [-0.25, -0.2) is 10.6 Å². The first kappa shape index (κ1) is 10.5. The molecule has 1 aliphatic rings. The van der Waals surface area contributed by atoms with E-state index in [1.807, 2.05) is 5.43 Å². The lowest BCUT2D eigenvalue weighted by Gasteiger charge is -2.27. The zero-order chi connectivity index (χ0) is 10.7. The van der Waals surface area contributed by atoms with Crippen LogP contribution in [0, 0.1) is 0 Å². The molecule has 4 amide bonds. The Kier molecular flexibility index (Phi) is 3.03. The fourth-order valence-corrected chi connectivity index (χ4v) is 1.25. The van der Waals surface area contributed by atoms with Crippen molar-refractivity contribution in [1.29, 1.82) is 0 Å². The van der Waals surface area contributed by atoms with Gasteiger partial charge in [0.25, 0.3) is 5.91 Å². The second-order valence-corrected chi connectivity index (χ2v) is 3.00. The Bertz CT molecular complexity index is 278. The average molecular weight is 200 g/mol. The first-order valence-electron chi connectivity index (χ1n) is 4.13. The van der Waals surface area contributed by atoms with Crippen molar-refractivity contribution in [2.24, 2.45) is 5.84 Å². The number of rotatable bonds is 1. The number of hydrazine groups is 1. The molecule has 1 rings (SSSR count). The standard InChI is InChI=1S/C7H12N4O3/c1-11-5(12)3-2-4(6(11)13)9-7(14)10-8/h4H,2-3,8H2,1H3,(H2,9,10,14). The second-order valence-electron chi connectivity index (χ2n) is 3.00. The maximum Gasteiger partial charge on any atom is 0.329 e. The molecule has 7 heteroatoms. The number of imide groups is 1. The third-order valence-electron chi connectivity index (χ3n) is 2.09. The number of hydrogen-bond donors (Lipinski definition) is 3. The Morgan fingerprint density at radius 1 is 1.57 bits per heavy atom. The van der Waals surface area contributed by atoms with Crippen LogP contribution in [0.25, 0.3) is 0 Å². The molecular weight excluding hydrogens is 188 g/mol. The van der Waals surface area contributed by atoms with Crippen molar-refractivity contribution in [2.75, 3.05) is 7.05 Å². The van der Waals surface area contributed by atoms with Crippen LogP contribution < -0.4 is 16.6 Å². The van der Waals surface area contributed by atoms with Crippen molar-refractivity contribution in [3.05, 3.63) is 0 Å².